The molecule has 0 amide bonds. The molecule has 1 aliphatic heterocycles. The minimum Gasteiger partial charge on any atom is -0.490 e. The summed E-state index contributed by atoms with van der Waals surface area (Å²) < 4.78 is 11.8. The predicted octanol–water partition coefficient (Wildman–Crippen LogP) is 3.01. The highest BCUT2D eigenvalue weighted by molar-refractivity contribution is 5.34. The van der Waals surface area contributed by atoms with Gasteiger partial charge in [-0.1, -0.05) is 49.2 Å². The topological polar surface area (TPSA) is 62.8 Å². The largest absolute Gasteiger partial charge is 0.490 e. The Bertz CT molecular complexity index is 704. The third-order valence-corrected chi connectivity index (χ3v) is 5.68. The van der Waals surface area contributed by atoms with Crippen molar-refractivity contribution in [2.75, 3.05) is 13.2 Å². The van der Waals surface area contributed by atoms with Gasteiger partial charge in [0.15, 0.2) is 0 Å². The summed E-state index contributed by atoms with van der Waals surface area (Å²) in [6.07, 6.45) is 4.20. The summed E-state index contributed by atoms with van der Waals surface area (Å²) in [6.45, 7) is 1.96. The first-order valence-corrected chi connectivity index (χ1v) is 10.4. The van der Waals surface area contributed by atoms with Crippen molar-refractivity contribution < 1.29 is 14.6 Å². The molecular weight excluding hydrogens is 352 g/mol. The van der Waals surface area contributed by atoms with Crippen molar-refractivity contribution in [2.45, 2.75) is 57.0 Å². The van der Waals surface area contributed by atoms with E-state index in [-0.39, 0.29) is 13.2 Å². The summed E-state index contributed by atoms with van der Waals surface area (Å²) in [5.41, 5.74) is 2.25. The molecule has 2 aromatic rings. The van der Waals surface area contributed by atoms with E-state index in [0.717, 1.165) is 35.7 Å². The van der Waals surface area contributed by atoms with Gasteiger partial charge in [0, 0.05) is 36.3 Å². The zero-order valence-electron chi connectivity index (χ0n) is 16.3. The van der Waals surface area contributed by atoms with Crippen LogP contribution in [-0.2, 0) is 13.1 Å². The molecule has 1 aliphatic carbocycles. The predicted molar refractivity (Wildman–Crippen MR) is 110 cm³/mol. The van der Waals surface area contributed by atoms with Crippen LogP contribution in [0.3, 0.4) is 0 Å². The maximum atomic E-state index is 10.3. The molecule has 3 N–H and O–H groups in total. The molecule has 0 saturated heterocycles. The standard InChI is InChI=1S/C23H30N2O3/c26-19-15-27-22-11-5-1-7-17(22)13-24-20-9-3-4-10-21(20)25-14-18-8-2-6-12-23(18)28-16-19/h1-2,5-8,11-12,19-21,24-26H,3-4,9-10,13-16H2/t20-,21-/m0/s1. The Kier molecular flexibility index (Phi) is 6.47. The zero-order chi connectivity index (χ0) is 19.2. The maximum absolute atomic E-state index is 10.3. The van der Waals surface area contributed by atoms with E-state index in [1.807, 2.05) is 36.4 Å². The first-order chi connectivity index (χ1) is 13.8. The van der Waals surface area contributed by atoms with Crippen molar-refractivity contribution in [3.8, 4) is 11.5 Å². The molecule has 2 aliphatic rings. The number of para-hydroxylation sites is 2. The van der Waals surface area contributed by atoms with Crippen LogP contribution in [0.1, 0.15) is 36.8 Å². The highest BCUT2D eigenvalue weighted by Gasteiger charge is 2.25. The Morgan fingerprint density at radius 2 is 1.18 bits per heavy atom. The van der Waals surface area contributed by atoms with Crippen molar-refractivity contribution in [1.29, 1.82) is 0 Å². The average Bonchev–Trinajstić information content (AvgIpc) is 2.75. The number of hydrogen-bond donors (Lipinski definition) is 3. The van der Waals surface area contributed by atoms with Crippen LogP contribution in [0.15, 0.2) is 48.5 Å². The minimum atomic E-state index is -0.685. The third kappa shape index (κ3) is 4.85. The van der Waals surface area contributed by atoms with Crippen LogP contribution in [0.2, 0.25) is 0 Å². The second-order valence-electron chi connectivity index (χ2n) is 7.75. The number of rotatable bonds is 0. The van der Waals surface area contributed by atoms with E-state index in [0.29, 0.717) is 12.1 Å². The van der Waals surface area contributed by atoms with Gasteiger partial charge in [-0.15, -0.1) is 0 Å². The number of aliphatic hydroxyl groups is 1. The summed E-state index contributed by atoms with van der Waals surface area (Å²) >= 11 is 0. The van der Waals surface area contributed by atoms with E-state index < -0.39 is 6.10 Å². The molecule has 1 heterocycles. The van der Waals surface area contributed by atoms with E-state index in [1.165, 1.54) is 25.7 Å². The molecule has 0 spiro atoms. The fourth-order valence-electron chi connectivity index (χ4n) is 4.10. The molecule has 0 radical (unpaired) electrons. The second kappa shape index (κ2) is 9.41. The number of benzene rings is 2. The molecule has 0 bridgehead atoms. The Morgan fingerprint density at radius 3 is 1.68 bits per heavy atom. The lowest BCUT2D eigenvalue weighted by Gasteiger charge is -2.33. The lowest BCUT2D eigenvalue weighted by Crippen LogP contribution is -2.49. The Labute approximate surface area is 167 Å². The highest BCUT2D eigenvalue weighted by atomic mass is 16.5. The Morgan fingerprint density at radius 1 is 0.714 bits per heavy atom. The van der Waals surface area contributed by atoms with Gasteiger partial charge in [-0.2, -0.15) is 0 Å². The summed E-state index contributed by atoms with van der Waals surface area (Å²) in [5.74, 6) is 1.65. The molecule has 1 fully saturated rings. The number of hydrogen-bond acceptors (Lipinski definition) is 5. The van der Waals surface area contributed by atoms with E-state index in [4.69, 9.17) is 9.47 Å². The quantitative estimate of drug-likeness (QED) is 0.654. The van der Waals surface area contributed by atoms with E-state index in [1.54, 1.807) is 0 Å². The van der Waals surface area contributed by atoms with Gasteiger partial charge in [0.05, 0.1) is 0 Å². The normalized spacial score (nSPS) is 24.3. The lowest BCUT2D eigenvalue weighted by atomic mass is 9.90. The SMILES string of the molecule is OC1COc2ccccc2CN[C@H]2CCCC[C@@H]2NCc2ccccc2OC1. The number of ether oxygens (including phenoxy) is 2. The van der Waals surface area contributed by atoms with Gasteiger partial charge < -0.3 is 25.2 Å². The zero-order valence-corrected chi connectivity index (χ0v) is 16.3. The second-order valence-corrected chi connectivity index (χ2v) is 7.75. The maximum Gasteiger partial charge on any atom is 0.123 e. The first-order valence-electron chi connectivity index (χ1n) is 10.4. The molecule has 0 aromatic heterocycles. The molecule has 4 rings (SSSR count). The summed E-state index contributed by atoms with van der Waals surface area (Å²) in [4.78, 5) is 0. The fourth-order valence-corrected chi connectivity index (χ4v) is 4.10. The van der Waals surface area contributed by atoms with E-state index >= 15 is 0 Å². The minimum absolute atomic E-state index is 0.212. The van der Waals surface area contributed by atoms with Crippen LogP contribution in [0.5, 0.6) is 11.5 Å². The average molecular weight is 383 g/mol. The van der Waals surface area contributed by atoms with Crippen LogP contribution in [-0.4, -0.2) is 36.5 Å². The summed E-state index contributed by atoms with van der Waals surface area (Å²) in [5, 5.41) is 17.8. The van der Waals surface area contributed by atoms with Gasteiger partial charge in [0.2, 0.25) is 0 Å². The first kappa shape index (κ1) is 19.2. The van der Waals surface area contributed by atoms with Gasteiger partial charge in [-0.05, 0) is 25.0 Å². The Hall–Kier alpha value is -2.08. The van der Waals surface area contributed by atoms with Gasteiger partial charge in [-0.3, -0.25) is 0 Å². The van der Waals surface area contributed by atoms with Crippen LogP contribution in [0.4, 0.5) is 0 Å². The monoisotopic (exact) mass is 382 g/mol. The molecule has 2 aromatic carbocycles. The van der Waals surface area contributed by atoms with Gasteiger partial charge >= 0.3 is 0 Å². The van der Waals surface area contributed by atoms with Crippen molar-refractivity contribution in [2.24, 2.45) is 0 Å². The molecular formula is C23H30N2O3. The van der Waals surface area contributed by atoms with E-state index in [2.05, 4.69) is 22.8 Å². The van der Waals surface area contributed by atoms with Crippen molar-refractivity contribution in [1.82, 2.24) is 10.6 Å². The van der Waals surface area contributed by atoms with Crippen molar-refractivity contribution in [3.05, 3.63) is 59.7 Å². The molecule has 28 heavy (non-hydrogen) atoms. The number of nitrogens with one attached hydrogen (secondary N) is 2. The van der Waals surface area contributed by atoms with Gasteiger partial charge in [0.1, 0.15) is 30.8 Å². The van der Waals surface area contributed by atoms with Gasteiger partial charge in [-0.25, -0.2) is 0 Å². The lowest BCUT2D eigenvalue weighted by molar-refractivity contribution is 0.0619. The van der Waals surface area contributed by atoms with Crippen molar-refractivity contribution in [3.63, 3.8) is 0 Å². The highest BCUT2D eigenvalue weighted by Crippen LogP contribution is 2.24. The Balaban J connectivity index is 1.56. The van der Waals surface area contributed by atoms with Crippen molar-refractivity contribution >= 4 is 0 Å². The number of fused-ring (bicyclic) bond motifs is 3. The molecule has 1 saturated carbocycles. The third-order valence-electron chi connectivity index (χ3n) is 5.68. The summed E-state index contributed by atoms with van der Waals surface area (Å²) in [7, 11) is 0. The van der Waals surface area contributed by atoms with E-state index in [9.17, 15) is 5.11 Å². The van der Waals surface area contributed by atoms with Crippen LogP contribution < -0.4 is 20.1 Å². The molecule has 0 unspecified atom stereocenters. The molecule has 5 heteroatoms. The van der Waals surface area contributed by atoms with Crippen LogP contribution >= 0.6 is 0 Å². The van der Waals surface area contributed by atoms with Gasteiger partial charge in [0.25, 0.3) is 0 Å². The van der Waals surface area contributed by atoms with Crippen LogP contribution in [0.25, 0.3) is 0 Å². The smallest absolute Gasteiger partial charge is 0.123 e. The fraction of sp³-hybridized carbons (Fsp3) is 0.478. The summed E-state index contributed by atoms with van der Waals surface area (Å²) in [6, 6.07) is 17.0. The van der Waals surface area contributed by atoms with Crippen LogP contribution in [0, 0.1) is 0 Å². The molecule has 5 nitrogen and oxygen atoms in total. The number of aliphatic hydroxyl groups excluding tert-OH is 1. The molecule has 2 atom stereocenters. The molecule has 150 valence electrons.